The zero-order valence-electron chi connectivity index (χ0n) is 16.5. The predicted octanol–water partition coefficient (Wildman–Crippen LogP) is 3.57. The van der Waals surface area contributed by atoms with Crippen molar-refractivity contribution in [1.29, 1.82) is 0 Å². The summed E-state index contributed by atoms with van der Waals surface area (Å²) in [6, 6.07) is 15.5. The number of hydrogen-bond donors (Lipinski definition) is 2. The molecule has 6 heteroatoms. The van der Waals surface area contributed by atoms with Crippen molar-refractivity contribution in [3.05, 3.63) is 48.5 Å². The van der Waals surface area contributed by atoms with Crippen LogP contribution in [0.2, 0.25) is 0 Å². The number of carbonyl (C=O) groups is 2. The van der Waals surface area contributed by atoms with Crippen molar-refractivity contribution in [2.45, 2.75) is 20.3 Å². The summed E-state index contributed by atoms with van der Waals surface area (Å²) >= 11 is 0. The van der Waals surface area contributed by atoms with Crippen LogP contribution in [0.5, 0.6) is 0 Å². The Labute approximate surface area is 161 Å². The molecule has 0 aliphatic heterocycles. The molecular formula is C21H28N4O2. The second kappa shape index (κ2) is 9.62. The molecule has 0 radical (unpaired) electrons. The predicted molar refractivity (Wildman–Crippen MR) is 113 cm³/mol. The molecule has 27 heavy (non-hydrogen) atoms. The van der Waals surface area contributed by atoms with Crippen molar-refractivity contribution in [2.24, 2.45) is 0 Å². The molecule has 0 saturated carbocycles. The molecule has 0 aliphatic rings. The summed E-state index contributed by atoms with van der Waals surface area (Å²) in [5.41, 5.74) is 3.61. The van der Waals surface area contributed by atoms with Gasteiger partial charge in [0.15, 0.2) is 0 Å². The van der Waals surface area contributed by atoms with Gasteiger partial charge in [0, 0.05) is 41.0 Å². The highest BCUT2D eigenvalue weighted by Crippen LogP contribution is 2.26. The van der Waals surface area contributed by atoms with Crippen molar-refractivity contribution in [2.75, 3.05) is 47.6 Å². The van der Waals surface area contributed by atoms with Crippen molar-refractivity contribution in [1.82, 2.24) is 0 Å². The third-order valence-electron chi connectivity index (χ3n) is 4.46. The van der Waals surface area contributed by atoms with Gasteiger partial charge in [0.25, 0.3) is 0 Å². The molecular weight excluding hydrogens is 340 g/mol. The third-order valence-corrected chi connectivity index (χ3v) is 4.46. The van der Waals surface area contributed by atoms with E-state index in [4.69, 9.17) is 0 Å². The summed E-state index contributed by atoms with van der Waals surface area (Å²) in [4.78, 5) is 26.5. The second-order valence-corrected chi connectivity index (χ2v) is 6.40. The molecule has 2 rings (SSSR count). The SMILES string of the molecule is CC(=O)N(C)c1ccccc1NCCCNc1ccccc1N(C)C(C)=O. The van der Waals surface area contributed by atoms with Gasteiger partial charge in [-0.2, -0.15) is 0 Å². The van der Waals surface area contributed by atoms with Gasteiger partial charge < -0.3 is 20.4 Å². The maximum Gasteiger partial charge on any atom is 0.223 e. The first-order chi connectivity index (χ1) is 12.9. The number of benzene rings is 2. The van der Waals surface area contributed by atoms with Crippen LogP contribution in [0.4, 0.5) is 22.7 Å². The van der Waals surface area contributed by atoms with Crippen LogP contribution in [-0.4, -0.2) is 39.0 Å². The molecule has 0 aromatic heterocycles. The molecule has 2 aromatic carbocycles. The van der Waals surface area contributed by atoms with E-state index in [1.54, 1.807) is 37.7 Å². The van der Waals surface area contributed by atoms with Crippen molar-refractivity contribution in [3.63, 3.8) is 0 Å². The van der Waals surface area contributed by atoms with Crippen molar-refractivity contribution in [3.8, 4) is 0 Å². The molecule has 0 atom stereocenters. The van der Waals surface area contributed by atoms with Gasteiger partial charge in [-0.15, -0.1) is 0 Å². The number of para-hydroxylation sites is 4. The zero-order chi connectivity index (χ0) is 19.8. The lowest BCUT2D eigenvalue weighted by atomic mass is 10.2. The van der Waals surface area contributed by atoms with E-state index in [0.29, 0.717) is 0 Å². The van der Waals surface area contributed by atoms with E-state index in [-0.39, 0.29) is 11.8 Å². The van der Waals surface area contributed by atoms with Crippen LogP contribution in [0.1, 0.15) is 20.3 Å². The summed E-state index contributed by atoms with van der Waals surface area (Å²) in [6.45, 7) is 4.63. The van der Waals surface area contributed by atoms with Crippen LogP contribution in [0.15, 0.2) is 48.5 Å². The van der Waals surface area contributed by atoms with Crippen LogP contribution in [0.25, 0.3) is 0 Å². The van der Waals surface area contributed by atoms with E-state index in [1.807, 2.05) is 48.5 Å². The van der Waals surface area contributed by atoms with Gasteiger partial charge in [-0.25, -0.2) is 0 Å². The molecule has 2 amide bonds. The molecule has 6 nitrogen and oxygen atoms in total. The van der Waals surface area contributed by atoms with E-state index < -0.39 is 0 Å². The Kier molecular flexibility index (Phi) is 7.23. The van der Waals surface area contributed by atoms with E-state index in [2.05, 4.69) is 10.6 Å². The van der Waals surface area contributed by atoms with Gasteiger partial charge in [-0.1, -0.05) is 24.3 Å². The summed E-state index contributed by atoms with van der Waals surface area (Å²) in [6.07, 6.45) is 0.885. The normalized spacial score (nSPS) is 10.2. The van der Waals surface area contributed by atoms with Gasteiger partial charge in [0.05, 0.1) is 22.7 Å². The molecule has 0 saturated heterocycles. The molecule has 0 spiro atoms. The Morgan fingerprint density at radius 2 is 1.11 bits per heavy atom. The zero-order valence-corrected chi connectivity index (χ0v) is 16.5. The minimum Gasteiger partial charge on any atom is -0.383 e. The maximum atomic E-state index is 11.6. The monoisotopic (exact) mass is 368 g/mol. The second-order valence-electron chi connectivity index (χ2n) is 6.40. The largest absolute Gasteiger partial charge is 0.383 e. The molecule has 0 unspecified atom stereocenters. The number of amides is 2. The molecule has 2 N–H and O–H groups in total. The highest BCUT2D eigenvalue weighted by atomic mass is 16.2. The Hall–Kier alpha value is -3.02. The smallest absolute Gasteiger partial charge is 0.223 e. The Balaban J connectivity index is 1.89. The van der Waals surface area contributed by atoms with Crippen molar-refractivity contribution >= 4 is 34.6 Å². The Morgan fingerprint density at radius 1 is 0.741 bits per heavy atom. The van der Waals surface area contributed by atoms with Gasteiger partial charge in [-0.05, 0) is 30.7 Å². The molecule has 0 aliphatic carbocycles. The quantitative estimate of drug-likeness (QED) is 0.699. The first-order valence-electron chi connectivity index (χ1n) is 9.06. The van der Waals surface area contributed by atoms with E-state index in [0.717, 1.165) is 42.3 Å². The van der Waals surface area contributed by atoms with Gasteiger partial charge in [0.2, 0.25) is 11.8 Å². The summed E-state index contributed by atoms with van der Waals surface area (Å²) in [5, 5.41) is 6.78. The average molecular weight is 368 g/mol. The summed E-state index contributed by atoms with van der Waals surface area (Å²) in [5.74, 6) is -0.00534. The van der Waals surface area contributed by atoms with Crippen LogP contribution in [-0.2, 0) is 9.59 Å². The van der Waals surface area contributed by atoms with Crippen LogP contribution < -0.4 is 20.4 Å². The molecule has 0 bridgehead atoms. The first kappa shape index (κ1) is 20.3. The lowest BCUT2D eigenvalue weighted by Crippen LogP contribution is -2.24. The average Bonchev–Trinajstić information content (AvgIpc) is 2.67. The number of anilines is 4. The van der Waals surface area contributed by atoms with E-state index >= 15 is 0 Å². The number of carbonyl (C=O) groups excluding carboxylic acids is 2. The third kappa shape index (κ3) is 5.48. The fourth-order valence-electron chi connectivity index (χ4n) is 2.70. The van der Waals surface area contributed by atoms with Crippen LogP contribution >= 0.6 is 0 Å². The number of nitrogens with zero attached hydrogens (tertiary/aromatic N) is 2. The standard InChI is InChI=1S/C21H28N4O2/c1-16(26)24(3)20-12-7-5-10-18(20)22-14-9-15-23-19-11-6-8-13-21(19)25(4)17(2)27/h5-8,10-13,22-23H,9,14-15H2,1-4H3. The fourth-order valence-corrected chi connectivity index (χ4v) is 2.70. The van der Waals surface area contributed by atoms with E-state index in [9.17, 15) is 9.59 Å². The van der Waals surface area contributed by atoms with Crippen LogP contribution in [0, 0.1) is 0 Å². The molecule has 0 heterocycles. The highest BCUT2D eigenvalue weighted by molar-refractivity contribution is 5.95. The minimum absolute atomic E-state index is 0.00267. The lowest BCUT2D eigenvalue weighted by molar-refractivity contribution is -0.117. The maximum absolute atomic E-state index is 11.6. The summed E-state index contributed by atoms with van der Waals surface area (Å²) in [7, 11) is 3.54. The number of nitrogens with one attached hydrogen (secondary N) is 2. The summed E-state index contributed by atoms with van der Waals surface area (Å²) < 4.78 is 0. The minimum atomic E-state index is -0.00267. The first-order valence-corrected chi connectivity index (χ1v) is 9.06. The molecule has 0 fully saturated rings. The molecule has 2 aromatic rings. The Morgan fingerprint density at radius 3 is 1.48 bits per heavy atom. The number of rotatable bonds is 8. The Bertz CT molecular complexity index is 726. The van der Waals surface area contributed by atoms with Crippen molar-refractivity contribution < 1.29 is 9.59 Å². The van der Waals surface area contributed by atoms with Crippen LogP contribution in [0.3, 0.4) is 0 Å². The molecule has 144 valence electrons. The topological polar surface area (TPSA) is 64.7 Å². The lowest BCUT2D eigenvalue weighted by Gasteiger charge is -2.21. The highest BCUT2D eigenvalue weighted by Gasteiger charge is 2.11. The fraction of sp³-hybridized carbons (Fsp3) is 0.333. The van der Waals surface area contributed by atoms with Gasteiger partial charge in [-0.3, -0.25) is 9.59 Å². The van der Waals surface area contributed by atoms with E-state index in [1.165, 1.54) is 0 Å². The number of hydrogen-bond acceptors (Lipinski definition) is 4. The van der Waals surface area contributed by atoms with Gasteiger partial charge in [0.1, 0.15) is 0 Å². The van der Waals surface area contributed by atoms with Gasteiger partial charge >= 0.3 is 0 Å².